The van der Waals surface area contributed by atoms with Crippen molar-refractivity contribution in [1.82, 2.24) is 0 Å². The van der Waals surface area contributed by atoms with Gasteiger partial charge >= 0.3 is 0 Å². The summed E-state index contributed by atoms with van der Waals surface area (Å²) in [6, 6.07) is 16.1. The second kappa shape index (κ2) is 6.96. The van der Waals surface area contributed by atoms with Gasteiger partial charge in [-0.15, -0.1) is 11.8 Å². The predicted molar refractivity (Wildman–Crippen MR) is 87.9 cm³/mol. The Morgan fingerprint density at radius 2 is 1.75 bits per heavy atom. The summed E-state index contributed by atoms with van der Waals surface area (Å²) in [6.07, 6.45) is 6.26. The van der Waals surface area contributed by atoms with E-state index in [-0.39, 0.29) is 5.91 Å². The van der Waals surface area contributed by atoms with Gasteiger partial charge in [0.2, 0.25) is 5.91 Å². The molecule has 0 radical (unpaired) electrons. The zero-order valence-corrected chi connectivity index (χ0v) is 12.4. The fraction of sp³-hybridized carbons (Fsp3) is 0.118. The van der Waals surface area contributed by atoms with E-state index >= 15 is 0 Å². The number of amides is 1. The maximum atomic E-state index is 11.0. The van der Waals surface area contributed by atoms with E-state index in [1.807, 2.05) is 36.4 Å². The predicted octanol–water partition coefficient (Wildman–Crippen LogP) is 4.54. The van der Waals surface area contributed by atoms with Crippen molar-refractivity contribution < 1.29 is 4.79 Å². The van der Waals surface area contributed by atoms with Crippen LogP contribution in [0.25, 0.3) is 12.2 Å². The van der Waals surface area contributed by atoms with Gasteiger partial charge in [0.15, 0.2) is 0 Å². The van der Waals surface area contributed by atoms with Crippen LogP contribution in [0, 0.1) is 0 Å². The molecule has 2 nitrogen and oxygen atoms in total. The minimum atomic E-state index is -0.0535. The molecule has 0 fully saturated rings. The molecule has 0 atom stereocenters. The standard InChI is InChI=1S/C17H17NOS/c1-13(19)18-16-11-8-14(9-12-16)7-10-15-5-3-4-6-17(15)20-2/h3-12H,1-2H3,(H,18,19)/b10-7+. The van der Waals surface area contributed by atoms with Gasteiger partial charge in [0.05, 0.1) is 0 Å². The van der Waals surface area contributed by atoms with E-state index in [0.717, 1.165) is 11.3 Å². The molecule has 0 aliphatic rings. The molecular weight excluding hydrogens is 266 g/mol. The highest BCUT2D eigenvalue weighted by molar-refractivity contribution is 7.98. The highest BCUT2D eigenvalue weighted by atomic mass is 32.2. The van der Waals surface area contributed by atoms with Gasteiger partial charge in [0.1, 0.15) is 0 Å². The summed E-state index contributed by atoms with van der Waals surface area (Å²) in [7, 11) is 0. The van der Waals surface area contributed by atoms with Crippen LogP contribution in [0.2, 0.25) is 0 Å². The van der Waals surface area contributed by atoms with Crippen molar-refractivity contribution in [3.05, 3.63) is 59.7 Å². The third kappa shape index (κ3) is 4.00. The van der Waals surface area contributed by atoms with Crippen molar-refractivity contribution in [3.63, 3.8) is 0 Å². The highest BCUT2D eigenvalue weighted by Crippen LogP contribution is 2.22. The average molecular weight is 283 g/mol. The summed E-state index contributed by atoms with van der Waals surface area (Å²) in [4.78, 5) is 12.2. The normalized spacial score (nSPS) is 10.7. The van der Waals surface area contributed by atoms with Crippen LogP contribution in [0.4, 0.5) is 5.69 Å². The van der Waals surface area contributed by atoms with Gasteiger partial charge in [-0.1, -0.05) is 42.5 Å². The van der Waals surface area contributed by atoms with E-state index in [1.54, 1.807) is 11.8 Å². The summed E-state index contributed by atoms with van der Waals surface area (Å²) >= 11 is 1.74. The molecule has 0 saturated carbocycles. The zero-order valence-electron chi connectivity index (χ0n) is 11.6. The van der Waals surface area contributed by atoms with Crippen molar-refractivity contribution in [2.75, 3.05) is 11.6 Å². The van der Waals surface area contributed by atoms with Crippen molar-refractivity contribution in [2.45, 2.75) is 11.8 Å². The van der Waals surface area contributed by atoms with Gasteiger partial charge in [-0.25, -0.2) is 0 Å². The van der Waals surface area contributed by atoms with Gasteiger partial charge in [0, 0.05) is 17.5 Å². The first-order valence-corrected chi connectivity index (χ1v) is 7.60. The average Bonchev–Trinajstić information content (AvgIpc) is 2.46. The molecule has 0 bridgehead atoms. The van der Waals surface area contributed by atoms with Crippen LogP contribution in [0.3, 0.4) is 0 Å². The van der Waals surface area contributed by atoms with E-state index in [1.165, 1.54) is 17.4 Å². The van der Waals surface area contributed by atoms with E-state index in [4.69, 9.17) is 0 Å². The first kappa shape index (κ1) is 14.4. The third-order valence-corrected chi connectivity index (χ3v) is 3.64. The number of nitrogens with one attached hydrogen (secondary N) is 1. The van der Waals surface area contributed by atoms with E-state index in [2.05, 4.69) is 35.9 Å². The second-order valence-corrected chi connectivity index (χ2v) is 5.23. The largest absolute Gasteiger partial charge is 0.326 e. The topological polar surface area (TPSA) is 29.1 Å². The lowest BCUT2D eigenvalue weighted by molar-refractivity contribution is -0.114. The molecule has 0 aromatic heterocycles. The first-order chi connectivity index (χ1) is 9.69. The Kier molecular flexibility index (Phi) is 5.02. The molecule has 3 heteroatoms. The molecule has 20 heavy (non-hydrogen) atoms. The SMILES string of the molecule is CSc1ccccc1/C=C/c1ccc(NC(C)=O)cc1. The third-order valence-electron chi connectivity index (χ3n) is 2.83. The summed E-state index contributed by atoms with van der Waals surface area (Å²) < 4.78 is 0. The Morgan fingerprint density at radius 1 is 1.05 bits per heavy atom. The fourth-order valence-electron chi connectivity index (χ4n) is 1.87. The Bertz CT molecular complexity index is 617. The molecule has 2 aromatic carbocycles. The Balaban J connectivity index is 2.13. The Morgan fingerprint density at radius 3 is 2.40 bits per heavy atom. The molecule has 0 aliphatic heterocycles. The molecule has 0 saturated heterocycles. The number of thioether (sulfide) groups is 1. The van der Waals surface area contributed by atoms with Crippen molar-refractivity contribution in [3.8, 4) is 0 Å². The number of anilines is 1. The lowest BCUT2D eigenvalue weighted by Gasteiger charge is -2.03. The summed E-state index contributed by atoms with van der Waals surface area (Å²) in [5.74, 6) is -0.0535. The summed E-state index contributed by atoms with van der Waals surface area (Å²) in [5.41, 5.74) is 3.14. The van der Waals surface area contributed by atoms with Crippen LogP contribution in [-0.2, 0) is 4.79 Å². The van der Waals surface area contributed by atoms with Crippen LogP contribution in [0.5, 0.6) is 0 Å². The molecule has 0 unspecified atom stereocenters. The molecular formula is C17H17NOS. The summed E-state index contributed by atoms with van der Waals surface area (Å²) in [6.45, 7) is 1.51. The molecule has 0 aliphatic carbocycles. The summed E-state index contributed by atoms with van der Waals surface area (Å²) in [5, 5.41) is 2.76. The molecule has 102 valence electrons. The first-order valence-electron chi connectivity index (χ1n) is 6.38. The Labute approximate surface area is 123 Å². The quantitative estimate of drug-likeness (QED) is 0.659. The number of rotatable bonds is 4. The van der Waals surface area contributed by atoms with Gasteiger partial charge in [0.25, 0.3) is 0 Å². The lowest BCUT2D eigenvalue weighted by atomic mass is 10.1. The molecule has 1 amide bonds. The van der Waals surface area contributed by atoms with Gasteiger partial charge in [-0.3, -0.25) is 4.79 Å². The maximum absolute atomic E-state index is 11.0. The molecule has 2 rings (SSSR count). The molecule has 2 aromatic rings. The Hall–Kier alpha value is -2.00. The number of carbonyl (C=O) groups excluding carboxylic acids is 1. The van der Waals surface area contributed by atoms with Crippen molar-refractivity contribution in [1.29, 1.82) is 0 Å². The second-order valence-electron chi connectivity index (χ2n) is 4.38. The van der Waals surface area contributed by atoms with Gasteiger partial charge < -0.3 is 5.32 Å². The zero-order chi connectivity index (χ0) is 14.4. The van der Waals surface area contributed by atoms with Crippen LogP contribution in [-0.4, -0.2) is 12.2 Å². The maximum Gasteiger partial charge on any atom is 0.221 e. The fourth-order valence-corrected chi connectivity index (χ4v) is 2.46. The molecule has 0 spiro atoms. The van der Waals surface area contributed by atoms with Crippen molar-refractivity contribution >= 4 is 35.5 Å². The van der Waals surface area contributed by atoms with Crippen LogP contribution in [0.15, 0.2) is 53.4 Å². The van der Waals surface area contributed by atoms with Gasteiger partial charge in [-0.05, 0) is 35.6 Å². The smallest absolute Gasteiger partial charge is 0.221 e. The highest BCUT2D eigenvalue weighted by Gasteiger charge is 1.97. The monoisotopic (exact) mass is 283 g/mol. The minimum Gasteiger partial charge on any atom is -0.326 e. The van der Waals surface area contributed by atoms with Crippen LogP contribution >= 0.6 is 11.8 Å². The van der Waals surface area contributed by atoms with Crippen LogP contribution < -0.4 is 5.32 Å². The van der Waals surface area contributed by atoms with Crippen LogP contribution in [0.1, 0.15) is 18.1 Å². The number of benzene rings is 2. The number of hydrogen-bond acceptors (Lipinski definition) is 2. The van der Waals surface area contributed by atoms with E-state index in [0.29, 0.717) is 0 Å². The van der Waals surface area contributed by atoms with E-state index in [9.17, 15) is 4.79 Å². The molecule has 0 heterocycles. The number of hydrogen-bond donors (Lipinski definition) is 1. The molecule has 1 N–H and O–H groups in total. The lowest BCUT2D eigenvalue weighted by Crippen LogP contribution is -2.05. The van der Waals surface area contributed by atoms with Gasteiger partial charge in [-0.2, -0.15) is 0 Å². The number of carbonyl (C=O) groups is 1. The minimum absolute atomic E-state index is 0.0535. The van der Waals surface area contributed by atoms with Crippen molar-refractivity contribution in [2.24, 2.45) is 0 Å². The van der Waals surface area contributed by atoms with E-state index < -0.39 is 0 Å².